The first-order chi connectivity index (χ1) is 20.8. The van der Waals surface area contributed by atoms with Crippen LogP contribution >= 0.6 is 0 Å². The lowest BCUT2D eigenvalue weighted by Gasteiger charge is -2.36. The molecule has 5 heterocycles. The first kappa shape index (κ1) is 27.9. The van der Waals surface area contributed by atoms with Crippen molar-refractivity contribution in [2.24, 2.45) is 0 Å². The smallest absolute Gasteiger partial charge is 0.0787 e. The molecule has 1 N–H and O–H groups in total. The Morgan fingerprint density at radius 3 is 2.62 bits per heavy atom. The van der Waals surface area contributed by atoms with Crippen LogP contribution in [0.3, 0.4) is 0 Å². The van der Waals surface area contributed by atoms with Crippen LogP contribution in [-0.2, 0) is 24.2 Å². The van der Waals surface area contributed by atoms with Gasteiger partial charge in [-0.15, -0.1) is 0 Å². The van der Waals surface area contributed by atoms with E-state index >= 15 is 0 Å². The van der Waals surface area contributed by atoms with Crippen molar-refractivity contribution >= 4 is 21.8 Å². The van der Waals surface area contributed by atoms with E-state index in [1.807, 2.05) is 12.4 Å². The molecule has 8 nitrogen and oxygen atoms in total. The van der Waals surface area contributed by atoms with Crippen molar-refractivity contribution < 1.29 is 4.74 Å². The highest BCUT2D eigenvalue weighted by atomic mass is 16.5. The van der Waals surface area contributed by atoms with Gasteiger partial charge in [0.2, 0.25) is 0 Å². The highest BCUT2D eigenvalue weighted by Gasteiger charge is 2.29. The van der Waals surface area contributed by atoms with Gasteiger partial charge in [0.25, 0.3) is 0 Å². The van der Waals surface area contributed by atoms with Crippen molar-refractivity contribution in [2.75, 3.05) is 72.1 Å². The molecular weight excluding hydrogens is 522 g/mol. The molecule has 42 heavy (non-hydrogen) atoms. The van der Waals surface area contributed by atoms with Crippen LogP contribution in [-0.4, -0.2) is 101 Å². The molecule has 2 aliphatic heterocycles. The Morgan fingerprint density at radius 2 is 1.71 bits per heavy atom. The maximum absolute atomic E-state index is 5.62. The summed E-state index contributed by atoms with van der Waals surface area (Å²) in [5, 5.41) is 6.14. The summed E-state index contributed by atoms with van der Waals surface area (Å²) in [5.74, 6) is 0. The highest BCUT2D eigenvalue weighted by molar-refractivity contribution is 6.08. The van der Waals surface area contributed by atoms with E-state index in [2.05, 4.69) is 67.0 Å². The molecule has 0 saturated carbocycles. The number of morpholine rings is 1. The quantitative estimate of drug-likeness (QED) is 0.310. The Hall–Kier alpha value is -2.88. The average molecular weight is 568 g/mol. The summed E-state index contributed by atoms with van der Waals surface area (Å²) in [6.07, 6.45) is 8.69. The zero-order valence-electron chi connectivity index (χ0n) is 24.9. The number of aryl methyl sites for hydroxylation is 1. The van der Waals surface area contributed by atoms with Crippen LogP contribution in [0.15, 0.2) is 54.9 Å². The second kappa shape index (κ2) is 13.2. The average Bonchev–Trinajstić information content (AvgIpc) is 3.38. The summed E-state index contributed by atoms with van der Waals surface area (Å²) in [4.78, 5) is 17.9. The molecular formula is C34H45N7O. The summed E-state index contributed by atoms with van der Waals surface area (Å²) in [6, 6.07) is 15.8. The van der Waals surface area contributed by atoms with Crippen LogP contribution in [0, 0.1) is 0 Å². The van der Waals surface area contributed by atoms with E-state index in [9.17, 15) is 0 Å². The van der Waals surface area contributed by atoms with Crippen LogP contribution in [0.1, 0.15) is 42.3 Å². The van der Waals surface area contributed by atoms with Gasteiger partial charge in [0.1, 0.15) is 0 Å². The van der Waals surface area contributed by atoms with E-state index in [-0.39, 0.29) is 0 Å². The van der Waals surface area contributed by atoms with Gasteiger partial charge in [-0.05, 0) is 56.0 Å². The van der Waals surface area contributed by atoms with Crippen molar-refractivity contribution in [3.8, 4) is 0 Å². The van der Waals surface area contributed by atoms with E-state index < -0.39 is 0 Å². The predicted molar refractivity (Wildman–Crippen MR) is 169 cm³/mol. The van der Waals surface area contributed by atoms with Crippen molar-refractivity contribution in [3.05, 3.63) is 71.8 Å². The van der Waals surface area contributed by atoms with Gasteiger partial charge in [-0.3, -0.25) is 19.8 Å². The number of nitrogens with zero attached hydrogens (tertiary/aromatic N) is 6. The van der Waals surface area contributed by atoms with Crippen LogP contribution in [0.5, 0.6) is 0 Å². The molecule has 2 fully saturated rings. The van der Waals surface area contributed by atoms with Gasteiger partial charge in [-0.1, -0.05) is 24.3 Å². The lowest BCUT2D eigenvalue weighted by atomic mass is 9.90. The number of hydrogen-bond acceptors (Lipinski definition) is 7. The molecule has 0 amide bonds. The Bertz CT molecular complexity index is 1470. The second-order valence-corrected chi connectivity index (χ2v) is 12.1. The number of ether oxygens (including phenoxy) is 1. The number of aromatic nitrogens is 3. The lowest BCUT2D eigenvalue weighted by molar-refractivity contribution is 0.0366. The van der Waals surface area contributed by atoms with Gasteiger partial charge >= 0.3 is 0 Å². The molecule has 1 aromatic carbocycles. The summed E-state index contributed by atoms with van der Waals surface area (Å²) in [6.45, 7) is 13.2. The summed E-state index contributed by atoms with van der Waals surface area (Å²) in [5.41, 5.74) is 6.51. The van der Waals surface area contributed by atoms with Gasteiger partial charge in [-0.2, -0.15) is 0 Å². The third-order valence-electron chi connectivity index (χ3n) is 9.59. The molecule has 8 heteroatoms. The molecule has 1 aliphatic carbocycles. The summed E-state index contributed by atoms with van der Waals surface area (Å²) >= 11 is 0. The molecule has 7 rings (SSSR count). The normalized spacial score (nSPS) is 20.5. The van der Waals surface area contributed by atoms with Crippen molar-refractivity contribution in [3.63, 3.8) is 0 Å². The monoisotopic (exact) mass is 567 g/mol. The first-order valence-electron chi connectivity index (χ1n) is 16.1. The van der Waals surface area contributed by atoms with Gasteiger partial charge in [0.15, 0.2) is 0 Å². The maximum atomic E-state index is 5.62. The van der Waals surface area contributed by atoms with Gasteiger partial charge < -0.3 is 19.5 Å². The fraction of sp³-hybridized carbons (Fsp3) is 0.529. The minimum absolute atomic E-state index is 0.334. The van der Waals surface area contributed by atoms with E-state index in [4.69, 9.17) is 14.7 Å². The highest BCUT2D eigenvalue weighted by Crippen LogP contribution is 2.36. The Kier molecular flexibility index (Phi) is 8.77. The molecule has 3 aromatic heterocycles. The van der Waals surface area contributed by atoms with Crippen LogP contribution in [0.25, 0.3) is 21.8 Å². The number of benzene rings is 1. The van der Waals surface area contributed by atoms with Crippen LogP contribution in [0.4, 0.5) is 0 Å². The van der Waals surface area contributed by atoms with Gasteiger partial charge in [0.05, 0.1) is 36.2 Å². The molecule has 0 spiro atoms. The Balaban J connectivity index is 1.22. The first-order valence-corrected chi connectivity index (χ1v) is 16.1. The van der Waals surface area contributed by atoms with Gasteiger partial charge in [-0.25, -0.2) is 0 Å². The molecule has 4 aromatic rings. The Labute approximate surface area is 249 Å². The zero-order valence-corrected chi connectivity index (χ0v) is 24.9. The Morgan fingerprint density at radius 1 is 0.857 bits per heavy atom. The minimum Gasteiger partial charge on any atom is -0.379 e. The fourth-order valence-electron chi connectivity index (χ4n) is 7.40. The standard InChI is InChI=1S/C34H45N7O/c1-2-9-31-28(8-1)29-11-13-36-30(34(29)41(31)21-20-39-22-24-42-25-23-39)26-40(17-5-16-38-18-14-35-15-19-38)32-10-3-6-27-7-4-12-37-33(27)32/h1-2,4,7-9,11-13,32,35H,3,5-6,10,14-26H2/t32-/m0/s1. The molecule has 3 aliphatic rings. The second-order valence-electron chi connectivity index (χ2n) is 12.1. The third-order valence-corrected chi connectivity index (χ3v) is 9.59. The number of piperazine rings is 1. The molecule has 0 radical (unpaired) electrons. The van der Waals surface area contributed by atoms with E-state index in [1.54, 1.807) is 0 Å². The van der Waals surface area contributed by atoms with Gasteiger partial charge in [0, 0.05) is 94.1 Å². The molecule has 1 atom stereocenters. The van der Waals surface area contributed by atoms with E-state index in [0.717, 1.165) is 104 Å². The van der Waals surface area contributed by atoms with E-state index in [0.29, 0.717) is 6.04 Å². The SMILES string of the molecule is c1cnc2c(c1)CCC[C@@H]2N(CCCN1CCNCC1)Cc1nccc2c3ccccc3n(CCN3CCOCC3)c12. The zero-order chi connectivity index (χ0) is 28.1. The van der Waals surface area contributed by atoms with E-state index in [1.165, 1.54) is 45.2 Å². The number of pyridine rings is 2. The topological polar surface area (TPSA) is 61.7 Å². The number of nitrogens with one attached hydrogen (secondary N) is 1. The lowest BCUT2D eigenvalue weighted by Crippen LogP contribution is -2.44. The minimum atomic E-state index is 0.334. The molecule has 0 unspecified atom stereocenters. The third kappa shape index (κ3) is 5.96. The molecule has 0 bridgehead atoms. The summed E-state index contributed by atoms with van der Waals surface area (Å²) in [7, 11) is 0. The molecule has 222 valence electrons. The predicted octanol–water partition coefficient (Wildman–Crippen LogP) is 4.09. The van der Waals surface area contributed by atoms with Crippen molar-refractivity contribution in [1.29, 1.82) is 0 Å². The number of hydrogen-bond donors (Lipinski definition) is 1. The molecule has 2 saturated heterocycles. The van der Waals surface area contributed by atoms with Crippen LogP contribution < -0.4 is 5.32 Å². The maximum Gasteiger partial charge on any atom is 0.0787 e. The fourth-order valence-corrected chi connectivity index (χ4v) is 7.40. The summed E-state index contributed by atoms with van der Waals surface area (Å²) < 4.78 is 8.17. The van der Waals surface area contributed by atoms with Crippen molar-refractivity contribution in [1.82, 2.24) is 34.6 Å². The number of fused-ring (bicyclic) bond motifs is 4. The van der Waals surface area contributed by atoms with Crippen molar-refractivity contribution in [2.45, 2.75) is 44.8 Å². The number of para-hydroxylation sites is 1. The van der Waals surface area contributed by atoms with Crippen LogP contribution in [0.2, 0.25) is 0 Å². The number of rotatable bonds is 10. The largest absolute Gasteiger partial charge is 0.379 e.